The Kier molecular flexibility index (Phi) is 5.30. The maximum atomic E-state index is 12.1. The maximum absolute atomic E-state index is 12.1. The first-order valence-electron chi connectivity index (χ1n) is 6.42. The molecule has 0 aromatic rings. The van der Waals surface area contributed by atoms with E-state index >= 15 is 0 Å². The summed E-state index contributed by atoms with van der Waals surface area (Å²) in [5.74, 6) is 0.353. The Hall–Kier alpha value is -0.370. The van der Waals surface area contributed by atoms with Crippen LogP contribution in [0.1, 0.15) is 65.2 Å². The molecule has 0 aromatic heterocycles. The highest BCUT2D eigenvalue weighted by Gasteiger charge is 2.38. The largest absolute Gasteiger partial charge is 0.368 e. The zero-order valence-electron chi connectivity index (χ0n) is 10.2. The zero-order valence-corrected chi connectivity index (χ0v) is 10.2. The number of unbranched alkanes of at least 4 members (excludes halogenated alkanes) is 1. The van der Waals surface area contributed by atoms with Gasteiger partial charge in [0.1, 0.15) is 5.60 Å². The first-order chi connectivity index (χ1) is 7.25. The highest BCUT2D eigenvalue weighted by Crippen LogP contribution is 2.33. The van der Waals surface area contributed by atoms with Gasteiger partial charge in [-0.1, -0.05) is 32.6 Å². The Morgan fingerprint density at radius 1 is 1.20 bits per heavy atom. The van der Waals surface area contributed by atoms with Crippen LogP contribution in [0.3, 0.4) is 0 Å². The quantitative estimate of drug-likeness (QED) is 0.673. The van der Waals surface area contributed by atoms with E-state index in [4.69, 9.17) is 4.74 Å². The van der Waals surface area contributed by atoms with E-state index in [0.29, 0.717) is 18.8 Å². The van der Waals surface area contributed by atoms with Crippen LogP contribution >= 0.6 is 0 Å². The van der Waals surface area contributed by atoms with Gasteiger partial charge in [-0.15, -0.1) is 0 Å². The van der Waals surface area contributed by atoms with Crippen LogP contribution in [0.5, 0.6) is 0 Å². The topological polar surface area (TPSA) is 26.3 Å². The molecule has 0 atom stereocenters. The standard InChI is InChI=1S/C13H24O2/c1-3-5-9-12(14)13(15-4-2)10-7-6-8-11-13/h3-11H2,1-2H3. The lowest BCUT2D eigenvalue weighted by Gasteiger charge is -2.35. The molecule has 0 amide bonds. The van der Waals surface area contributed by atoms with Gasteiger partial charge in [-0.05, 0) is 26.2 Å². The predicted molar refractivity (Wildman–Crippen MR) is 62.0 cm³/mol. The lowest BCUT2D eigenvalue weighted by atomic mass is 9.80. The van der Waals surface area contributed by atoms with Gasteiger partial charge in [0, 0.05) is 13.0 Å². The third-order valence-corrected chi connectivity index (χ3v) is 3.35. The summed E-state index contributed by atoms with van der Waals surface area (Å²) in [5.41, 5.74) is -0.401. The van der Waals surface area contributed by atoms with Gasteiger partial charge in [-0.3, -0.25) is 4.79 Å². The van der Waals surface area contributed by atoms with Crippen LogP contribution in [-0.4, -0.2) is 18.0 Å². The second kappa shape index (κ2) is 6.26. The second-order valence-corrected chi connectivity index (χ2v) is 4.51. The zero-order chi connectivity index (χ0) is 11.1. The molecule has 0 saturated heterocycles. The van der Waals surface area contributed by atoms with E-state index in [9.17, 15) is 4.79 Å². The van der Waals surface area contributed by atoms with Gasteiger partial charge in [0.05, 0.1) is 0 Å². The summed E-state index contributed by atoms with van der Waals surface area (Å²) in [4.78, 5) is 12.1. The molecule has 2 nitrogen and oxygen atoms in total. The number of ether oxygens (including phenoxy) is 1. The van der Waals surface area contributed by atoms with Crippen LogP contribution < -0.4 is 0 Å². The van der Waals surface area contributed by atoms with Crippen molar-refractivity contribution in [1.29, 1.82) is 0 Å². The molecule has 2 heteroatoms. The van der Waals surface area contributed by atoms with Crippen molar-refractivity contribution in [2.45, 2.75) is 70.8 Å². The molecule has 0 heterocycles. The summed E-state index contributed by atoms with van der Waals surface area (Å²) in [6, 6.07) is 0. The Morgan fingerprint density at radius 3 is 2.40 bits per heavy atom. The number of hydrogen-bond donors (Lipinski definition) is 0. The van der Waals surface area contributed by atoms with Crippen molar-refractivity contribution in [2.75, 3.05) is 6.61 Å². The fourth-order valence-corrected chi connectivity index (χ4v) is 2.47. The fraction of sp³-hybridized carbons (Fsp3) is 0.923. The molecule has 1 aliphatic carbocycles. The molecule has 88 valence electrons. The average Bonchev–Trinajstić information content (AvgIpc) is 2.27. The molecule has 0 aromatic carbocycles. The van der Waals surface area contributed by atoms with E-state index in [0.717, 1.165) is 38.5 Å². The van der Waals surface area contributed by atoms with Crippen LogP contribution in [0, 0.1) is 0 Å². The van der Waals surface area contributed by atoms with Crippen LogP contribution in [0.4, 0.5) is 0 Å². The molecule has 0 aliphatic heterocycles. The molecule has 1 fully saturated rings. The van der Waals surface area contributed by atoms with Crippen LogP contribution in [0.2, 0.25) is 0 Å². The molecule has 0 N–H and O–H groups in total. The third kappa shape index (κ3) is 3.30. The number of carbonyl (C=O) groups excluding carboxylic acids is 1. The van der Waals surface area contributed by atoms with Crippen molar-refractivity contribution >= 4 is 5.78 Å². The molecule has 0 bridgehead atoms. The van der Waals surface area contributed by atoms with Gasteiger partial charge in [-0.25, -0.2) is 0 Å². The van der Waals surface area contributed by atoms with Gasteiger partial charge in [0.15, 0.2) is 5.78 Å². The van der Waals surface area contributed by atoms with Gasteiger partial charge in [0.2, 0.25) is 0 Å². The summed E-state index contributed by atoms with van der Waals surface area (Å²) in [5, 5.41) is 0. The van der Waals surface area contributed by atoms with Gasteiger partial charge >= 0.3 is 0 Å². The molecule has 0 unspecified atom stereocenters. The van der Waals surface area contributed by atoms with E-state index in [2.05, 4.69) is 6.92 Å². The minimum Gasteiger partial charge on any atom is -0.368 e. The van der Waals surface area contributed by atoms with Gasteiger partial charge in [0.25, 0.3) is 0 Å². The molecular formula is C13H24O2. The number of rotatable bonds is 6. The SMILES string of the molecule is CCCCC(=O)C1(OCC)CCCCC1. The first kappa shape index (κ1) is 12.7. The summed E-state index contributed by atoms with van der Waals surface area (Å²) in [7, 11) is 0. The first-order valence-corrected chi connectivity index (χ1v) is 6.42. The van der Waals surface area contributed by atoms with Crippen LogP contribution in [0.15, 0.2) is 0 Å². The van der Waals surface area contributed by atoms with Crippen molar-refractivity contribution < 1.29 is 9.53 Å². The van der Waals surface area contributed by atoms with E-state index < -0.39 is 5.60 Å². The fourth-order valence-electron chi connectivity index (χ4n) is 2.47. The minimum atomic E-state index is -0.401. The lowest BCUT2D eigenvalue weighted by molar-refractivity contribution is -0.149. The minimum absolute atomic E-state index is 0.353. The predicted octanol–water partition coefficient (Wildman–Crippen LogP) is 3.49. The molecule has 1 aliphatic rings. The molecule has 1 saturated carbocycles. The Labute approximate surface area is 93.4 Å². The van der Waals surface area contributed by atoms with Crippen molar-refractivity contribution in [3.8, 4) is 0 Å². The molecule has 0 radical (unpaired) electrons. The lowest BCUT2D eigenvalue weighted by Crippen LogP contribution is -2.43. The number of Topliss-reactive ketones (excluding diaryl/α,β-unsaturated/α-hetero) is 1. The normalized spacial score (nSPS) is 20.1. The molecule has 0 spiro atoms. The molecular weight excluding hydrogens is 188 g/mol. The molecule has 15 heavy (non-hydrogen) atoms. The van der Waals surface area contributed by atoms with Crippen molar-refractivity contribution in [3.63, 3.8) is 0 Å². The van der Waals surface area contributed by atoms with E-state index in [1.165, 1.54) is 6.42 Å². The second-order valence-electron chi connectivity index (χ2n) is 4.51. The summed E-state index contributed by atoms with van der Waals surface area (Å²) < 4.78 is 5.78. The Bertz CT molecular complexity index is 187. The van der Waals surface area contributed by atoms with Crippen LogP contribution in [-0.2, 0) is 9.53 Å². The van der Waals surface area contributed by atoms with E-state index in [1.54, 1.807) is 0 Å². The summed E-state index contributed by atoms with van der Waals surface area (Å²) in [6.07, 6.45) is 8.26. The van der Waals surface area contributed by atoms with E-state index in [1.807, 2.05) is 6.92 Å². The highest BCUT2D eigenvalue weighted by molar-refractivity contribution is 5.87. The third-order valence-electron chi connectivity index (χ3n) is 3.35. The van der Waals surface area contributed by atoms with Crippen molar-refractivity contribution in [3.05, 3.63) is 0 Å². The number of hydrogen-bond acceptors (Lipinski definition) is 2. The monoisotopic (exact) mass is 212 g/mol. The average molecular weight is 212 g/mol. The van der Waals surface area contributed by atoms with E-state index in [-0.39, 0.29) is 0 Å². The number of ketones is 1. The Morgan fingerprint density at radius 2 is 1.87 bits per heavy atom. The highest BCUT2D eigenvalue weighted by atomic mass is 16.5. The summed E-state index contributed by atoms with van der Waals surface area (Å²) >= 11 is 0. The van der Waals surface area contributed by atoms with Crippen molar-refractivity contribution in [2.24, 2.45) is 0 Å². The van der Waals surface area contributed by atoms with Gasteiger partial charge < -0.3 is 4.74 Å². The van der Waals surface area contributed by atoms with Crippen molar-refractivity contribution in [1.82, 2.24) is 0 Å². The summed E-state index contributed by atoms with van der Waals surface area (Å²) in [6.45, 7) is 4.78. The molecule has 1 rings (SSSR count). The van der Waals surface area contributed by atoms with Crippen LogP contribution in [0.25, 0.3) is 0 Å². The number of carbonyl (C=O) groups is 1. The van der Waals surface area contributed by atoms with Gasteiger partial charge in [-0.2, -0.15) is 0 Å². The smallest absolute Gasteiger partial charge is 0.164 e. The Balaban J connectivity index is 2.57. The maximum Gasteiger partial charge on any atom is 0.164 e.